The molecule has 1 atom stereocenters. The molecule has 86 valence electrons. The lowest BCUT2D eigenvalue weighted by molar-refractivity contribution is 0.0952. The maximum Gasteiger partial charge on any atom is 0.164 e. The lowest BCUT2D eigenvalue weighted by Gasteiger charge is -2.30. The molecular formula is C12H17N3O. The first-order chi connectivity index (χ1) is 7.75. The van der Waals surface area contributed by atoms with Crippen LogP contribution in [-0.4, -0.2) is 48.4 Å². The van der Waals surface area contributed by atoms with Crippen LogP contribution in [0, 0.1) is 0 Å². The summed E-state index contributed by atoms with van der Waals surface area (Å²) < 4.78 is 0. The third-order valence-electron chi connectivity index (χ3n) is 2.89. The Bertz CT molecular complexity index is 353. The molecule has 1 aliphatic heterocycles. The van der Waals surface area contributed by atoms with Gasteiger partial charge >= 0.3 is 0 Å². The first-order valence-electron chi connectivity index (χ1n) is 5.61. The lowest BCUT2D eigenvalue weighted by atomic mass is 10.0. The zero-order valence-electron chi connectivity index (χ0n) is 9.52. The molecule has 0 spiro atoms. The van der Waals surface area contributed by atoms with Crippen molar-refractivity contribution in [2.24, 2.45) is 0 Å². The van der Waals surface area contributed by atoms with Gasteiger partial charge in [-0.15, -0.1) is 0 Å². The normalized spacial score (nSPS) is 21.9. The summed E-state index contributed by atoms with van der Waals surface area (Å²) in [7, 11) is 2.09. The van der Waals surface area contributed by atoms with Crippen molar-refractivity contribution in [1.82, 2.24) is 15.2 Å². The third-order valence-corrected chi connectivity index (χ3v) is 2.89. The fourth-order valence-corrected chi connectivity index (χ4v) is 2.01. The highest BCUT2D eigenvalue weighted by molar-refractivity contribution is 5.96. The van der Waals surface area contributed by atoms with Gasteiger partial charge in [0.1, 0.15) is 0 Å². The van der Waals surface area contributed by atoms with Crippen molar-refractivity contribution in [2.45, 2.75) is 12.5 Å². The molecule has 1 aromatic heterocycles. The highest BCUT2D eigenvalue weighted by atomic mass is 16.1. The van der Waals surface area contributed by atoms with E-state index in [1.165, 1.54) is 0 Å². The molecule has 1 aromatic rings. The topological polar surface area (TPSA) is 45.2 Å². The molecule has 0 amide bonds. The molecule has 2 heterocycles. The van der Waals surface area contributed by atoms with Gasteiger partial charge in [-0.05, 0) is 19.2 Å². The summed E-state index contributed by atoms with van der Waals surface area (Å²) in [6.07, 6.45) is 3.88. The fourth-order valence-electron chi connectivity index (χ4n) is 2.01. The Hall–Kier alpha value is -1.26. The highest BCUT2D eigenvalue weighted by Crippen LogP contribution is 2.07. The largest absolute Gasteiger partial charge is 0.311 e. The molecular weight excluding hydrogens is 202 g/mol. The molecule has 4 nitrogen and oxygen atoms in total. The second-order valence-corrected chi connectivity index (χ2v) is 4.28. The Kier molecular flexibility index (Phi) is 3.64. The van der Waals surface area contributed by atoms with E-state index in [1.54, 1.807) is 24.5 Å². The number of carbonyl (C=O) groups is 1. The van der Waals surface area contributed by atoms with Gasteiger partial charge in [0.05, 0.1) is 0 Å². The van der Waals surface area contributed by atoms with Gasteiger partial charge in [0.25, 0.3) is 0 Å². The summed E-state index contributed by atoms with van der Waals surface area (Å²) in [6.45, 7) is 2.96. The minimum Gasteiger partial charge on any atom is -0.311 e. The maximum atomic E-state index is 11.9. The molecule has 1 fully saturated rings. The van der Waals surface area contributed by atoms with Crippen LogP contribution in [0.5, 0.6) is 0 Å². The van der Waals surface area contributed by atoms with Crippen molar-refractivity contribution in [3.63, 3.8) is 0 Å². The predicted molar refractivity (Wildman–Crippen MR) is 62.5 cm³/mol. The average molecular weight is 219 g/mol. The van der Waals surface area contributed by atoms with E-state index in [2.05, 4.69) is 22.2 Å². The number of rotatable bonds is 3. The van der Waals surface area contributed by atoms with Crippen molar-refractivity contribution in [2.75, 3.05) is 26.7 Å². The van der Waals surface area contributed by atoms with Gasteiger partial charge in [-0.3, -0.25) is 9.78 Å². The molecule has 2 rings (SSSR count). The zero-order valence-corrected chi connectivity index (χ0v) is 9.52. The number of pyridine rings is 1. The Morgan fingerprint density at radius 1 is 1.56 bits per heavy atom. The second-order valence-electron chi connectivity index (χ2n) is 4.28. The lowest BCUT2D eigenvalue weighted by Crippen LogP contribution is -2.49. The maximum absolute atomic E-state index is 11.9. The van der Waals surface area contributed by atoms with E-state index in [0.29, 0.717) is 6.42 Å². The zero-order chi connectivity index (χ0) is 11.4. The van der Waals surface area contributed by atoms with Crippen LogP contribution in [-0.2, 0) is 0 Å². The number of nitrogens with one attached hydrogen (secondary N) is 1. The molecule has 0 radical (unpaired) electrons. The second kappa shape index (κ2) is 5.18. The summed E-state index contributed by atoms with van der Waals surface area (Å²) in [5.41, 5.74) is 0.755. The van der Waals surface area contributed by atoms with Gasteiger partial charge in [-0.1, -0.05) is 0 Å². The average Bonchev–Trinajstić information content (AvgIpc) is 2.30. The first-order valence-corrected chi connectivity index (χ1v) is 5.61. The summed E-state index contributed by atoms with van der Waals surface area (Å²) in [5.74, 6) is 0.190. The van der Waals surface area contributed by atoms with Crippen LogP contribution in [0.2, 0.25) is 0 Å². The number of piperazine rings is 1. The number of hydrogen-bond acceptors (Lipinski definition) is 4. The minimum atomic E-state index is 0.190. The van der Waals surface area contributed by atoms with Gasteiger partial charge in [0.15, 0.2) is 5.78 Å². The Morgan fingerprint density at radius 2 is 2.31 bits per heavy atom. The van der Waals surface area contributed by atoms with E-state index >= 15 is 0 Å². The van der Waals surface area contributed by atoms with Crippen molar-refractivity contribution in [3.8, 4) is 0 Å². The number of ketones is 1. The minimum absolute atomic E-state index is 0.190. The van der Waals surface area contributed by atoms with Gasteiger partial charge in [0.2, 0.25) is 0 Å². The molecule has 1 unspecified atom stereocenters. The molecule has 1 N–H and O–H groups in total. The molecule has 0 saturated carbocycles. The van der Waals surface area contributed by atoms with Crippen LogP contribution in [0.4, 0.5) is 0 Å². The SMILES string of the molecule is CN1CCNC(CC(=O)c2ccncc2)C1. The Balaban J connectivity index is 1.92. The third kappa shape index (κ3) is 2.87. The van der Waals surface area contributed by atoms with Crippen LogP contribution in [0.1, 0.15) is 16.8 Å². The number of hydrogen-bond donors (Lipinski definition) is 1. The molecule has 1 aliphatic rings. The first kappa shape index (κ1) is 11.2. The fraction of sp³-hybridized carbons (Fsp3) is 0.500. The Morgan fingerprint density at radius 3 is 3.00 bits per heavy atom. The quantitative estimate of drug-likeness (QED) is 0.754. The monoisotopic (exact) mass is 219 g/mol. The van der Waals surface area contributed by atoms with E-state index in [4.69, 9.17) is 0 Å². The molecule has 1 saturated heterocycles. The van der Waals surface area contributed by atoms with Crippen LogP contribution < -0.4 is 5.32 Å². The molecule has 16 heavy (non-hydrogen) atoms. The Labute approximate surface area is 95.7 Å². The molecule has 4 heteroatoms. The van der Waals surface area contributed by atoms with Gasteiger partial charge in [0, 0.05) is 50.1 Å². The standard InChI is InChI=1S/C12H17N3O/c1-15-7-6-14-11(9-15)8-12(16)10-2-4-13-5-3-10/h2-5,11,14H,6-9H2,1H3. The number of carbonyl (C=O) groups excluding carboxylic acids is 1. The van der Waals surface area contributed by atoms with Gasteiger partial charge in [-0.2, -0.15) is 0 Å². The van der Waals surface area contributed by atoms with Crippen LogP contribution in [0.3, 0.4) is 0 Å². The van der Waals surface area contributed by atoms with E-state index < -0.39 is 0 Å². The van der Waals surface area contributed by atoms with Gasteiger partial charge < -0.3 is 10.2 Å². The summed E-state index contributed by atoms with van der Waals surface area (Å²) in [5, 5.41) is 3.37. The van der Waals surface area contributed by atoms with Crippen LogP contribution in [0.15, 0.2) is 24.5 Å². The van der Waals surface area contributed by atoms with Gasteiger partial charge in [-0.25, -0.2) is 0 Å². The number of aromatic nitrogens is 1. The van der Waals surface area contributed by atoms with E-state index in [0.717, 1.165) is 25.2 Å². The van der Waals surface area contributed by atoms with Crippen molar-refractivity contribution >= 4 is 5.78 Å². The van der Waals surface area contributed by atoms with E-state index in [9.17, 15) is 4.79 Å². The molecule has 0 aliphatic carbocycles. The molecule has 0 bridgehead atoms. The van der Waals surface area contributed by atoms with Crippen LogP contribution >= 0.6 is 0 Å². The van der Waals surface area contributed by atoms with Crippen LogP contribution in [0.25, 0.3) is 0 Å². The van der Waals surface area contributed by atoms with E-state index in [-0.39, 0.29) is 11.8 Å². The van der Waals surface area contributed by atoms with E-state index in [1.807, 2.05) is 0 Å². The predicted octanol–water partition coefficient (Wildman–Crippen LogP) is 0.558. The summed E-state index contributed by atoms with van der Waals surface area (Å²) >= 11 is 0. The number of Topliss-reactive ketones (excluding diaryl/α,β-unsaturated/α-hetero) is 1. The summed E-state index contributed by atoms with van der Waals surface area (Å²) in [6, 6.07) is 3.82. The number of nitrogens with zero attached hydrogens (tertiary/aromatic N) is 2. The summed E-state index contributed by atoms with van der Waals surface area (Å²) in [4.78, 5) is 18.1. The van der Waals surface area contributed by atoms with Crippen molar-refractivity contribution in [3.05, 3.63) is 30.1 Å². The molecule has 0 aromatic carbocycles. The highest BCUT2D eigenvalue weighted by Gasteiger charge is 2.19. The number of likely N-dealkylation sites (N-methyl/N-ethyl adjacent to an activating group) is 1. The van der Waals surface area contributed by atoms with Crippen molar-refractivity contribution in [1.29, 1.82) is 0 Å². The smallest absolute Gasteiger partial charge is 0.164 e. The van der Waals surface area contributed by atoms with Crippen molar-refractivity contribution < 1.29 is 4.79 Å².